The number of benzene rings is 1. The van der Waals surface area contributed by atoms with Crippen LogP contribution in [-0.2, 0) is 39.3 Å². The molecule has 0 spiro atoms. The van der Waals surface area contributed by atoms with E-state index in [4.69, 9.17) is 11.5 Å². The van der Waals surface area contributed by atoms with Crippen LogP contribution in [0.2, 0.25) is 0 Å². The summed E-state index contributed by atoms with van der Waals surface area (Å²) in [5, 5.41) is 0.893. The first-order chi connectivity index (χ1) is 10.2. The number of hydrogen-bond acceptors (Lipinski definition) is 5. The minimum absolute atomic E-state index is 0. The fraction of sp³-hybridized carbons (Fsp3) is 0.188. The maximum Gasteiger partial charge on any atom is 0.174 e. The van der Waals surface area contributed by atoms with Crippen molar-refractivity contribution >= 4 is 28.6 Å². The first kappa shape index (κ1) is 20.1. The first-order valence-corrected chi connectivity index (χ1v) is 7.56. The van der Waals surface area contributed by atoms with Crippen LogP contribution in [0.1, 0.15) is 5.56 Å². The SMILES string of the molecule is Cc1ccccc1Sc1nc2c(N)nccc2n1CCN.[CH3-].[Y]. The molecule has 23 heavy (non-hydrogen) atoms. The number of pyridine rings is 1. The van der Waals surface area contributed by atoms with Gasteiger partial charge in [-0.15, -0.1) is 0 Å². The zero-order chi connectivity index (χ0) is 14.8. The molecule has 0 saturated heterocycles. The van der Waals surface area contributed by atoms with E-state index in [2.05, 4.69) is 33.6 Å². The summed E-state index contributed by atoms with van der Waals surface area (Å²) in [6.07, 6.45) is 1.70. The molecule has 2 aromatic heterocycles. The van der Waals surface area contributed by atoms with E-state index in [1.807, 2.05) is 18.2 Å². The number of aromatic nitrogens is 3. The largest absolute Gasteiger partial charge is 0.382 e. The van der Waals surface area contributed by atoms with Crippen LogP contribution in [0.15, 0.2) is 46.6 Å². The molecule has 0 unspecified atom stereocenters. The number of fused-ring (bicyclic) bond motifs is 1. The Labute approximate surface area is 166 Å². The summed E-state index contributed by atoms with van der Waals surface area (Å²) in [5.74, 6) is 0.454. The number of aryl methyl sites for hydroxylation is 1. The fourth-order valence-electron chi connectivity index (χ4n) is 2.24. The van der Waals surface area contributed by atoms with Gasteiger partial charge in [0.05, 0.1) is 5.52 Å². The molecule has 0 amide bonds. The van der Waals surface area contributed by atoms with Crippen molar-refractivity contribution in [3.8, 4) is 0 Å². The van der Waals surface area contributed by atoms with Crippen LogP contribution < -0.4 is 11.5 Å². The Morgan fingerprint density at radius 1 is 1.22 bits per heavy atom. The van der Waals surface area contributed by atoms with Gasteiger partial charge in [-0.05, 0) is 24.6 Å². The van der Waals surface area contributed by atoms with E-state index >= 15 is 0 Å². The molecular weight excluding hydrogens is 383 g/mol. The maximum absolute atomic E-state index is 5.93. The summed E-state index contributed by atoms with van der Waals surface area (Å²) in [4.78, 5) is 9.94. The van der Waals surface area contributed by atoms with Crippen molar-refractivity contribution in [2.45, 2.75) is 23.5 Å². The van der Waals surface area contributed by atoms with E-state index in [1.54, 1.807) is 18.0 Å². The maximum atomic E-state index is 5.93. The van der Waals surface area contributed by atoms with E-state index in [0.717, 1.165) is 16.2 Å². The van der Waals surface area contributed by atoms with Gasteiger partial charge >= 0.3 is 0 Å². The zero-order valence-electron chi connectivity index (χ0n) is 13.4. The van der Waals surface area contributed by atoms with Crippen LogP contribution in [-0.4, -0.2) is 21.1 Å². The van der Waals surface area contributed by atoms with Crippen molar-refractivity contribution in [2.75, 3.05) is 12.3 Å². The van der Waals surface area contributed by atoms with Gasteiger partial charge in [-0.3, -0.25) is 0 Å². The minimum Gasteiger partial charge on any atom is -0.382 e. The molecule has 0 saturated carbocycles. The second kappa shape index (κ2) is 8.78. The minimum atomic E-state index is 0. The molecule has 3 rings (SSSR count). The van der Waals surface area contributed by atoms with Crippen LogP contribution in [0.5, 0.6) is 0 Å². The van der Waals surface area contributed by atoms with Crippen LogP contribution in [0.3, 0.4) is 0 Å². The number of nitrogens with zero attached hydrogens (tertiary/aromatic N) is 3. The summed E-state index contributed by atoms with van der Waals surface area (Å²) in [6, 6.07) is 10.2. The van der Waals surface area contributed by atoms with Crippen molar-refractivity contribution < 1.29 is 32.7 Å². The number of hydrogen-bond donors (Lipinski definition) is 2. The second-order valence-electron chi connectivity index (χ2n) is 4.77. The smallest absolute Gasteiger partial charge is 0.174 e. The Kier molecular flexibility index (Phi) is 7.67. The molecule has 1 aromatic carbocycles. The molecule has 0 aliphatic carbocycles. The van der Waals surface area contributed by atoms with E-state index in [-0.39, 0.29) is 40.1 Å². The van der Waals surface area contributed by atoms with Crippen LogP contribution >= 0.6 is 11.8 Å². The molecule has 0 atom stereocenters. The van der Waals surface area contributed by atoms with E-state index in [9.17, 15) is 0 Å². The fourth-order valence-corrected chi connectivity index (χ4v) is 3.25. The van der Waals surface area contributed by atoms with Crippen molar-refractivity contribution in [3.05, 3.63) is 49.5 Å². The summed E-state index contributed by atoms with van der Waals surface area (Å²) >= 11 is 1.63. The molecule has 1 radical (unpaired) electrons. The van der Waals surface area contributed by atoms with Gasteiger partial charge in [0.15, 0.2) is 11.0 Å². The third kappa shape index (κ3) is 4.12. The van der Waals surface area contributed by atoms with Crippen molar-refractivity contribution in [3.63, 3.8) is 0 Å². The molecule has 7 heteroatoms. The average molecular weight is 403 g/mol. The second-order valence-corrected chi connectivity index (χ2v) is 5.78. The van der Waals surface area contributed by atoms with Gasteiger partial charge in [0.2, 0.25) is 0 Å². The first-order valence-electron chi connectivity index (χ1n) is 6.75. The van der Waals surface area contributed by atoms with Crippen LogP contribution in [0, 0.1) is 14.4 Å². The molecule has 119 valence electrons. The zero-order valence-corrected chi connectivity index (χ0v) is 17.0. The Morgan fingerprint density at radius 2 is 1.96 bits per heavy atom. The number of nitrogen functional groups attached to an aromatic ring is 1. The van der Waals surface area contributed by atoms with Gasteiger partial charge in [0.1, 0.15) is 5.52 Å². The Bertz CT molecular complexity index is 787. The van der Waals surface area contributed by atoms with E-state index < -0.39 is 0 Å². The Balaban J connectivity index is 0.00000132. The van der Waals surface area contributed by atoms with Crippen LogP contribution in [0.25, 0.3) is 11.0 Å². The number of anilines is 1. The molecule has 0 aliphatic heterocycles. The molecule has 0 aliphatic rings. The molecule has 0 fully saturated rings. The molecule has 4 N–H and O–H groups in total. The Morgan fingerprint density at radius 3 is 2.65 bits per heavy atom. The normalized spacial score (nSPS) is 10.2. The summed E-state index contributed by atoms with van der Waals surface area (Å²) < 4.78 is 2.10. The standard InChI is InChI=1S/C15H17N5S.CH3.Y/c1-10-4-2-3-5-12(10)21-15-19-13-11(20(15)9-7-16)6-8-18-14(13)17;;/h2-6,8H,7,9,16H2,1H3,(H2,17,18);1H3;/q;-1;. The molecule has 5 nitrogen and oxygen atoms in total. The summed E-state index contributed by atoms with van der Waals surface area (Å²) in [5.41, 5.74) is 14.6. The molecule has 2 heterocycles. The van der Waals surface area contributed by atoms with Crippen molar-refractivity contribution in [1.82, 2.24) is 14.5 Å². The Hall–Kier alpha value is -0.946. The molecule has 3 aromatic rings. The van der Waals surface area contributed by atoms with Crippen LogP contribution in [0.4, 0.5) is 5.82 Å². The molecular formula is C16H20N5SY-. The summed E-state index contributed by atoms with van der Waals surface area (Å²) in [7, 11) is 0. The van der Waals surface area contributed by atoms with E-state index in [1.165, 1.54) is 10.5 Å². The third-order valence-electron chi connectivity index (χ3n) is 3.31. The predicted octanol–water partition coefficient (Wildman–Crippen LogP) is 2.88. The molecule has 0 bridgehead atoms. The monoisotopic (exact) mass is 403 g/mol. The topological polar surface area (TPSA) is 82.8 Å². The van der Waals surface area contributed by atoms with Gasteiger partial charge in [0, 0.05) is 56.9 Å². The predicted molar refractivity (Wildman–Crippen MR) is 92.7 cm³/mol. The number of imidazole rings is 1. The number of rotatable bonds is 4. The van der Waals surface area contributed by atoms with Gasteiger partial charge in [-0.1, -0.05) is 30.0 Å². The van der Waals surface area contributed by atoms with Gasteiger partial charge in [-0.2, -0.15) is 0 Å². The quantitative estimate of drug-likeness (QED) is 0.655. The third-order valence-corrected chi connectivity index (χ3v) is 4.48. The number of nitrogens with two attached hydrogens (primary N) is 2. The van der Waals surface area contributed by atoms with Gasteiger partial charge < -0.3 is 23.5 Å². The van der Waals surface area contributed by atoms with Crippen molar-refractivity contribution in [1.29, 1.82) is 0 Å². The van der Waals surface area contributed by atoms with Gasteiger partial charge in [-0.25, -0.2) is 9.97 Å². The van der Waals surface area contributed by atoms with Crippen molar-refractivity contribution in [2.24, 2.45) is 5.73 Å². The van der Waals surface area contributed by atoms with Gasteiger partial charge in [0.25, 0.3) is 0 Å². The summed E-state index contributed by atoms with van der Waals surface area (Å²) in [6.45, 7) is 3.34. The van der Waals surface area contributed by atoms with E-state index in [0.29, 0.717) is 18.9 Å². The average Bonchev–Trinajstić information content (AvgIpc) is 2.82.